The zero-order valence-electron chi connectivity index (χ0n) is 10.7. The van der Waals surface area contributed by atoms with Crippen LogP contribution in [0.15, 0.2) is 41.1 Å². The molecule has 3 rings (SSSR count). The first-order chi connectivity index (χ1) is 9.38. The maximum atomic E-state index is 9.18. The molecule has 1 fully saturated rings. The number of hydrogen-bond donors (Lipinski definition) is 0. The van der Waals surface area contributed by atoms with Gasteiger partial charge in [0.15, 0.2) is 0 Å². The Kier molecular flexibility index (Phi) is 3.63. The Morgan fingerprint density at radius 2 is 2.21 bits per heavy atom. The molecule has 1 saturated heterocycles. The number of likely N-dealkylation sites (tertiary alicyclic amines) is 1. The second-order valence-electron chi connectivity index (χ2n) is 4.95. The predicted molar refractivity (Wildman–Crippen MR) is 77.9 cm³/mol. The first kappa shape index (κ1) is 12.4. The third-order valence-corrected chi connectivity index (χ3v) is 4.50. The van der Waals surface area contributed by atoms with Gasteiger partial charge in [-0.15, -0.1) is 0 Å². The van der Waals surface area contributed by atoms with Crippen LogP contribution in [0.3, 0.4) is 0 Å². The van der Waals surface area contributed by atoms with Crippen molar-refractivity contribution in [1.82, 2.24) is 4.90 Å². The minimum atomic E-state index is 0.526. The summed E-state index contributed by atoms with van der Waals surface area (Å²) >= 11 is 1.76. The van der Waals surface area contributed by atoms with E-state index in [1.165, 1.54) is 18.4 Å². The molecule has 2 nitrogen and oxygen atoms in total. The summed E-state index contributed by atoms with van der Waals surface area (Å²) in [6.07, 6.45) is 2.47. The van der Waals surface area contributed by atoms with Crippen molar-refractivity contribution in [3.05, 3.63) is 57.8 Å². The lowest BCUT2D eigenvalue weighted by molar-refractivity contribution is 0.249. The van der Waals surface area contributed by atoms with Crippen LogP contribution in [0, 0.1) is 11.3 Å². The molecule has 0 bridgehead atoms. The van der Waals surface area contributed by atoms with E-state index in [9.17, 15) is 5.26 Å². The van der Waals surface area contributed by atoms with Crippen molar-refractivity contribution in [3.63, 3.8) is 0 Å². The summed E-state index contributed by atoms with van der Waals surface area (Å²) in [5, 5.41) is 13.6. The normalized spacial score (nSPS) is 19.4. The van der Waals surface area contributed by atoms with Gasteiger partial charge in [-0.1, -0.05) is 18.2 Å². The minimum absolute atomic E-state index is 0.526. The molecule has 3 heteroatoms. The van der Waals surface area contributed by atoms with Gasteiger partial charge in [-0.2, -0.15) is 16.6 Å². The Morgan fingerprint density at radius 3 is 3.00 bits per heavy atom. The third kappa shape index (κ3) is 2.56. The molecule has 1 aromatic carbocycles. The molecule has 2 aromatic rings. The van der Waals surface area contributed by atoms with Gasteiger partial charge in [0, 0.05) is 12.6 Å². The Morgan fingerprint density at radius 1 is 1.32 bits per heavy atom. The average Bonchev–Trinajstić information content (AvgIpc) is 3.09. The fraction of sp³-hybridized carbons (Fsp3) is 0.312. The van der Waals surface area contributed by atoms with E-state index in [2.05, 4.69) is 33.9 Å². The molecule has 2 heterocycles. The van der Waals surface area contributed by atoms with Gasteiger partial charge in [0.2, 0.25) is 0 Å². The Labute approximate surface area is 117 Å². The molecule has 0 spiro atoms. The molecule has 0 aliphatic carbocycles. The summed E-state index contributed by atoms with van der Waals surface area (Å²) in [5.74, 6) is 0. The highest BCUT2D eigenvalue weighted by Gasteiger charge is 2.26. The van der Waals surface area contributed by atoms with Crippen LogP contribution in [0.2, 0.25) is 0 Å². The number of thiophene rings is 1. The summed E-state index contributed by atoms with van der Waals surface area (Å²) in [6, 6.07) is 13.0. The Bertz CT molecular complexity index is 583. The van der Waals surface area contributed by atoms with E-state index >= 15 is 0 Å². The summed E-state index contributed by atoms with van der Waals surface area (Å²) < 4.78 is 0. The van der Waals surface area contributed by atoms with Crippen molar-refractivity contribution in [2.45, 2.75) is 25.4 Å². The molecule has 0 saturated carbocycles. The molecule has 1 atom stereocenters. The largest absolute Gasteiger partial charge is 0.292 e. The number of nitrogens with zero attached hydrogens (tertiary/aromatic N) is 2. The SMILES string of the molecule is N#Cc1ccccc1CN1CCC[C@H]1c1ccsc1. The maximum absolute atomic E-state index is 9.18. The van der Waals surface area contributed by atoms with Gasteiger partial charge < -0.3 is 0 Å². The van der Waals surface area contributed by atoms with Gasteiger partial charge in [0.1, 0.15) is 0 Å². The van der Waals surface area contributed by atoms with Crippen LogP contribution in [-0.2, 0) is 6.54 Å². The zero-order valence-corrected chi connectivity index (χ0v) is 11.6. The number of benzene rings is 1. The van der Waals surface area contributed by atoms with Crippen molar-refractivity contribution in [3.8, 4) is 6.07 Å². The summed E-state index contributed by atoms with van der Waals surface area (Å²) in [5.41, 5.74) is 3.38. The van der Waals surface area contributed by atoms with E-state index < -0.39 is 0 Å². The summed E-state index contributed by atoms with van der Waals surface area (Å²) in [6.45, 7) is 2.00. The van der Waals surface area contributed by atoms with Crippen LogP contribution in [0.4, 0.5) is 0 Å². The van der Waals surface area contributed by atoms with Gasteiger partial charge in [-0.25, -0.2) is 0 Å². The van der Waals surface area contributed by atoms with Crippen molar-refractivity contribution in [1.29, 1.82) is 5.26 Å². The van der Waals surface area contributed by atoms with Crippen molar-refractivity contribution in [2.24, 2.45) is 0 Å². The fourth-order valence-electron chi connectivity index (χ4n) is 2.84. The molecule has 96 valence electrons. The van der Waals surface area contributed by atoms with Crippen LogP contribution in [0.1, 0.15) is 35.6 Å². The quantitative estimate of drug-likeness (QED) is 0.842. The number of nitriles is 1. The van der Waals surface area contributed by atoms with E-state index in [1.807, 2.05) is 18.2 Å². The van der Waals surface area contributed by atoms with E-state index in [0.29, 0.717) is 6.04 Å². The minimum Gasteiger partial charge on any atom is -0.292 e. The van der Waals surface area contributed by atoms with Crippen molar-refractivity contribution in [2.75, 3.05) is 6.54 Å². The topological polar surface area (TPSA) is 27.0 Å². The molecule has 0 amide bonds. The molecular formula is C16H16N2S. The van der Waals surface area contributed by atoms with Gasteiger partial charge in [0.25, 0.3) is 0 Å². The maximum Gasteiger partial charge on any atom is 0.0995 e. The van der Waals surface area contributed by atoms with Crippen LogP contribution in [0.25, 0.3) is 0 Å². The van der Waals surface area contributed by atoms with Crippen molar-refractivity contribution >= 4 is 11.3 Å². The Hall–Kier alpha value is -1.63. The zero-order chi connectivity index (χ0) is 13.1. The average molecular weight is 268 g/mol. The van der Waals surface area contributed by atoms with Gasteiger partial charge in [-0.05, 0) is 53.4 Å². The molecule has 19 heavy (non-hydrogen) atoms. The fourth-order valence-corrected chi connectivity index (χ4v) is 3.55. The first-order valence-electron chi connectivity index (χ1n) is 6.62. The highest BCUT2D eigenvalue weighted by molar-refractivity contribution is 7.07. The molecular weight excluding hydrogens is 252 g/mol. The van der Waals surface area contributed by atoms with Crippen molar-refractivity contribution < 1.29 is 0 Å². The standard InChI is InChI=1S/C16H16N2S/c17-10-13-4-1-2-5-14(13)11-18-8-3-6-16(18)15-7-9-19-12-15/h1-2,4-5,7,9,12,16H,3,6,8,11H2/t16-/m0/s1. The smallest absolute Gasteiger partial charge is 0.0995 e. The van der Waals surface area contributed by atoms with Crippen LogP contribution in [-0.4, -0.2) is 11.4 Å². The van der Waals surface area contributed by atoms with Gasteiger partial charge in [0.05, 0.1) is 11.6 Å². The highest BCUT2D eigenvalue weighted by Crippen LogP contribution is 2.34. The van der Waals surface area contributed by atoms with Crippen LogP contribution < -0.4 is 0 Å². The molecule has 1 aliphatic heterocycles. The monoisotopic (exact) mass is 268 g/mol. The lowest BCUT2D eigenvalue weighted by Crippen LogP contribution is -2.22. The summed E-state index contributed by atoms with van der Waals surface area (Å²) in [4.78, 5) is 2.50. The number of hydrogen-bond acceptors (Lipinski definition) is 3. The summed E-state index contributed by atoms with van der Waals surface area (Å²) in [7, 11) is 0. The Balaban J connectivity index is 1.81. The van der Waals surface area contributed by atoms with E-state index in [0.717, 1.165) is 24.2 Å². The molecule has 1 aliphatic rings. The second kappa shape index (κ2) is 5.56. The number of rotatable bonds is 3. The highest BCUT2D eigenvalue weighted by atomic mass is 32.1. The third-order valence-electron chi connectivity index (χ3n) is 3.80. The first-order valence-corrected chi connectivity index (χ1v) is 7.57. The molecule has 0 radical (unpaired) electrons. The van der Waals surface area contributed by atoms with Crippen LogP contribution >= 0.6 is 11.3 Å². The van der Waals surface area contributed by atoms with Gasteiger partial charge in [-0.3, -0.25) is 4.90 Å². The van der Waals surface area contributed by atoms with Crippen LogP contribution in [0.5, 0.6) is 0 Å². The predicted octanol–water partition coefficient (Wildman–Crippen LogP) is 3.96. The molecule has 0 unspecified atom stereocenters. The van der Waals surface area contributed by atoms with E-state index in [-0.39, 0.29) is 0 Å². The molecule has 0 N–H and O–H groups in total. The van der Waals surface area contributed by atoms with Gasteiger partial charge >= 0.3 is 0 Å². The lowest BCUT2D eigenvalue weighted by Gasteiger charge is -2.24. The molecule has 1 aromatic heterocycles. The van der Waals surface area contributed by atoms with E-state index in [1.54, 1.807) is 11.3 Å². The lowest BCUT2D eigenvalue weighted by atomic mass is 10.1. The second-order valence-corrected chi connectivity index (χ2v) is 5.73. The van der Waals surface area contributed by atoms with E-state index in [4.69, 9.17) is 0 Å².